The molecule has 10 bridgehead atoms. The number of para-hydroxylation sites is 1. The summed E-state index contributed by atoms with van der Waals surface area (Å²) in [5.74, 6) is 1.96. The summed E-state index contributed by atoms with van der Waals surface area (Å²) in [6.07, 6.45) is 3.67. The Morgan fingerprint density at radius 1 is 1.00 bits per heavy atom. The van der Waals surface area contributed by atoms with Crippen LogP contribution in [0.3, 0.4) is 0 Å². The number of benzene rings is 3. The van der Waals surface area contributed by atoms with E-state index < -0.39 is 23.7 Å². The number of hydrogen-bond donors (Lipinski definition) is 4. The van der Waals surface area contributed by atoms with E-state index in [0.717, 1.165) is 50.0 Å². The zero-order valence-corrected chi connectivity index (χ0v) is 28.6. The van der Waals surface area contributed by atoms with Gasteiger partial charge in [-0.15, -0.1) is 0 Å². The van der Waals surface area contributed by atoms with Crippen LogP contribution in [0.2, 0.25) is 0 Å². The number of nitrogens with one attached hydrogen (secondary N) is 4. The highest BCUT2D eigenvalue weighted by Crippen LogP contribution is 2.61. The molecule has 11 heteroatoms. The molecule has 2 amide bonds. The van der Waals surface area contributed by atoms with Crippen LogP contribution < -0.4 is 20.7 Å². The fraction of sp³-hybridized carbons (Fsp3) is 0.300. The third-order valence-electron chi connectivity index (χ3n) is 10.8. The van der Waals surface area contributed by atoms with E-state index in [4.69, 9.17) is 23.5 Å². The van der Waals surface area contributed by atoms with Crippen LogP contribution in [0, 0.1) is 11.8 Å². The minimum Gasteiger partial charge on any atom is -0.469 e. The normalized spacial score (nSPS) is 22.2. The highest BCUT2D eigenvalue weighted by molar-refractivity contribution is 6.07. The summed E-state index contributed by atoms with van der Waals surface area (Å²) in [4.78, 5) is 40.6. The number of H-pyrrole nitrogens is 1. The molecule has 1 spiro atoms. The van der Waals surface area contributed by atoms with E-state index in [1.807, 2.05) is 46.0 Å². The predicted octanol–water partition coefficient (Wildman–Crippen LogP) is 6.84. The maximum atomic E-state index is 14.1. The first-order valence-electron chi connectivity index (χ1n) is 17.6. The van der Waals surface area contributed by atoms with Gasteiger partial charge in [0.25, 0.3) is 0 Å². The average molecular weight is 681 g/mol. The molecule has 4 aliphatic heterocycles. The first-order valence-corrected chi connectivity index (χ1v) is 17.6. The SMILES string of the molecule is CC(C)CC(=O)NC1Cc2ccc3c(c2)C24c5cccc(c5NC2O3)-c2cccc3[nH]cc(c23)-c2cnc(o2)-c2nc(oc24)[C@H](C(C)C)NC1=O. The van der Waals surface area contributed by atoms with Crippen molar-refractivity contribution >= 4 is 28.4 Å². The number of amides is 2. The highest BCUT2D eigenvalue weighted by Gasteiger charge is 2.61. The molecule has 11 nitrogen and oxygen atoms in total. The molecule has 3 aromatic heterocycles. The van der Waals surface area contributed by atoms with E-state index in [1.54, 1.807) is 6.20 Å². The molecule has 0 aliphatic carbocycles. The van der Waals surface area contributed by atoms with Gasteiger partial charge in [0.05, 0.1) is 6.20 Å². The molecule has 256 valence electrons. The van der Waals surface area contributed by atoms with Gasteiger partial charge in [0.2, 0.25) is 23.6 Å². The zero-order valence-electron chi connectivity index (χ0n) is 28.6. The monoisotopic (exact) mass is 680 g/mol. The van der Waals surface area contributed by atoms with Gasteiger partial charge in [0.1, 0.15) is 23.2 Å². The third kappa shape index (κ3) is 4.17. The number of carbonyl (C=O) groups excluding carboxylic acids is 2. The lowest BCUT2D eigenvalue weighted by Gasteiger charge is -2.29. The van der Waals surface area contributed by atoms with E-state index >= 15 is 0 Å². The van der Waals surface area contributed by atoms with Crippen molar-refractivity contribution in [2.75, 3.05) is 5.32 Å². The molecular weight excluding hydrogens is 644 g/mol. The lowest BCUT2D eigenvalue weighted by molar-refractivity contribution is -0.130. The van der Waals surface area contributed by atoms with Crippen molar-refractivity contribution in [1.82, 2.24) is 25.6 Å². The van der Waals surface area contributed by atoms with Crippen molar-refractivity contribution in [3.8, 4) is 39.8 Å². The van der Waals surface area contributed by atoms with Gasteiger partial charge in [0, 0.05) is 57.9 Å². The van der Waals surface area contributed by atoms with Crippen LogP contribution >= 0.6 is 0 Å². The van der Waals surface area contributed by atoms with Crippen molar-refractivity contribution < 1.29 is 23.2 Å². The number of anilines is 1. The Balaban J connectivity index is 1.29. The molecule has 4 atom stereocenters. The van der Waals surface area contributed by atoms with Gasteiger partial charge in [-0.3, -0.25) is 9.59 Å². The van der Waals surface area contributed by atoms with Gasteiger partial charge < -0.3 is 34.5 Å². The number of ether oxygens (including phenoxy) is 1. The quantitative estimate of drug-likeness (QED) is 0.158. The van der Waals surface area contributed by atoms with Gasteiger partial charge in [-0.05, 0) is 35.1 Å². The van der Waals surface area contributed by atoms with Gasteiger partial charge in [-0.1, -0.05) is 70.2 Å². The Morgan fingerprint density at radius 2 is 1.84 bits per heavy atom. The summed E-state index contributed by atoms with van der Waals surface area (Å²) < 4.78 is 20.4. The van der Waals surface area contributed by atoms with Crippen molar-refractivity contribution in [2.45, 2.75) is 64.3 Å². The molecule has 0 saturated heterocycles. The Hall–Kier alpha value is -5.84. The number of aromatic nitrogens is 3. The van der Waals surface area contributed by atoms with E-state index in [2.05, 4.69) is 63.4 Å². The summed E-state index contributed by atoms with van der Waals surface area (Å²) in [5.41, 5.74) is 6.97. The van der Waals surface area contributed by atoms with E-state index in [9.17, 15) is 9.59 Å². The summed E-state index contributed by atoms with van der Waals surface area (Å²) in [6, 6.07) is 17.1. The number of fused-ring (bicyclic) bond motifs is 7. The summed E-state index contributed by atoms with van der Waals surface area (Å²) in [5, 5.41) is 11.0. The Kier molecular flexibility index (Phi) is 6.23. The lowest BCUT2D eigenvalue weighted by Crippen LogP contribution is -2.49. The number of carbonyl (C=O) groups is 2. The van der Waals surface area contributed by atoms with Gasteiger partial charge in [0.15, 0.2) is 23.4 Å². The number of oxazole rings is 2. The maximum absolute atomic E-state index is 14.1. The van der Waals surface area contributed by atoms with E-state index in [-0.39, 0.29) is 30.1 Å². The average Bonchev–Trinajstić information content (AvgIpc) is 3.92. The first-order chi connectivity index (χ1) is 24.7. The predicted molar refractivity (Wildman–Crippen MR) is 190 cm³/mol. The highest BCUT2D eigenvalue weighted by atomic mass is 16.5. The van der Waals surface area contributed by atoms with E-state index in [0.29, 0.717) is 41.2 Å². The Labute approximate surface area is 293 Å². The van der Waals surface area contributed by atoms with Crippen LogP contribution in [-0.4, -0.2) is 39.0 Å². The van der Waals surface area contributed by atoms with Crippen molar-refractivity contribution in [3.05, 3.63) is 95.3 Å². The molecular formula is C40H36N6O5. The zero-order chi connectivity index (χ0) is 34.8. The molecule has 0 saturated carbocycles. The number of nitrogens with zero attached hydrogens (tertiary/aromatic N) is 2. The van der Waals surface area contributed by atoms with Crippen LogP contribution in [0.5, 0.6) is 5.75 Å². The molecule has 6 aromatic rings. The van der Waals surface area contributed by atoms with Crippen LogP contribution in [-0.2, 0) is 21.4 Å². The molecule has 10 rings (SSSR count). The first kappa shape index (κ1) is 30.0. The number of rotatable bonds is 4. The molecule has 0 fully saturated rings. The second-order valence-electron chi connectivity index (χ2n) is 14.9. The topological polar surface area (TPSA) is 147 Å². The molecule has 3 unspecified atom stereocenters. The van der Waals surface area contributed by atoms with Gasteiger partial charge in [-0.25, -0.2) is 9.97 Å². The molecule has 4 N–H and O–H groups in total. The Bertz CT molecular complexity index is 2440. The van der Waals surface area contributed by atoms with Crippen LogP contribution in [0.1, 0.15) is 68.5 Å². The minimum absolute atomic E-state index is 0.116. The summed E-state index contributed by atoms with van der Waals surface area (Å²) in [6.45, 7) is 7.98. The second kappa shape index (κ2) is 10.6. The third-order valence-corrected chi connectivity index (χ3v) is 10.8. The van der Waals surface area contributed by atoms with Crippen molar-refractivity contribution in [1.29, 1.82) is 0 Å². The van der Waals surface area contributed by atoms with Crippen LogP contribution in [0.15, 0.2) is 75.8 Å². The van der Waals surface area contributed by atoms with Crippen LogP contribution in [0.4, 0.5) is 5.69 Å². The maximum Gasteiger partial charge on any atom is 0.249 e. The lowest BCUT2D eigenvalue weighted by atomic mass is 9.72. The molecule has 7 heterocycles. The fourth-order valence-electron chi connectivity index (χ4n) is 8.48. The summed E-state index contributed by atoms with van der Waals surface area (Å²) in [7, 11) is 0. The van der Waals surface area contributed by atoms with Gasteiger partial charge >= 0.3 is 0 Å². The second-order valence-corrected chi connectivity index (χ2v) is 14.9. The fourth-order valence-corrected chi connectivity index (χ4v) is 8.48. The smallest absolute Gasteiger partial charge is 0.249 e. The number of hydrogen-bond acceptors (Lipinski definition) is 8. The van der Waals surface area contributed by atoms with Crippen molar-refractivity contribution in [2.24, 2.45) is 11.8 Å². The van der Waals surface area contributed by atoms with Crippen LogP contribution in [0.25, 0.3) is 44.9 Å². The largest absolute Gasteiger partial charge is 0.469 e. The molecule has 4 aliphatic rings. The number of aromatic amines is 1. The van der Waals surface area contributed by atoms with Crippen molar-refractivity contribution in [3.63, 3.8) is 0 Å². The minimum atomic E-state index is -1.01. The van der Waals surface area contributed by atoms with Gasteiger partial charge in [-0.2, -0.15) is 0 Å². The standard InChI is InChI=1S/C40H36N6O5/c1-18(2)13-30(47)43-27-15-20-11-12-28-25(14-20)40-24-9-5-8-22(33(24)46-39(40)50-28)21-7-6-10-26-31(21)23(16-41-26)29-17-42-37(49-29)34-35(40)51-38(45-34)32(19(3)4)44-36(27)48/h5-12,14,16-19,27,32,39,41,46H,13,15H2,1-4H3,(H,43,47)(H,44,48)/t27?,32-,39?,40?/m0/s1. The molecule has 51 heavy (non-hydrogen) atoms. The molecule has 0 radical (unpaired) electrons. The molecule has 3 aromatic carbocycles. The van der Waals surface area contributed by atoms with E-state index in [1.165, 1.54) is 0 Å². The Morgan fingerprint density at radius 3 is 2.69 bits per heavy atom. The summed E-state index contributed by atoms with van der Waals surface area (Å²) >= 11 is 0.